The maximum absolute atomic E-state index is 14.3. The minimum absolute atomic E-state index is 0.00535. The first-order valence-corrected chi connectivity index (χ1v) is 22.3. The van der Waals surface area contributed by atoms with E-state index in [1.54, 1.807) is 66.0 Å². The first kappa shape index (κ1) is 45.1. The number of nitrogens with zero attached hydrogens (tertiary/aromatic N) is 3. The van der Waals surface area contributed by atoms with Crippen LogP contribution in [0, 0.1) is 0 Å². The van der Waals surface area contributed by atoms with Gasteiger partial charge in [-0.25, -0.2) is 14.6 Å². The summed E-state index contributed by atoms with van der Waals surface area (Å²) in [5.41, 5.74) is 2.26. The number of nitrogens with one attached hydrogen (secondary N) is 3. The summed E-state index contributed by atoms with van der Waals surface area (Å²) >= 11 is 2.27. The molecule has 5 aromatic carbocycles. The van der Waals surface area contributed by atoms with Crippen LogP contribution in [0.2, 0.25) is 0 Å². The van der Waals surface area contributed by atoms with Crippen LogP contribution in [0.25, 0.3) is 0 Å². The smallest absolute Gasteiger partial charge is 0.407 e. The van der Waals surface area contributed by atoms with Crippen molar-refractivity contribution in [1.29, 1.82) is 0 Å². The number of aromatic nitrogens is 1. The Morgan fingerprint density at radius 1 is 0.803 bits per heavy atom. The van der Waals surface area contributed by atoms with Gasteiger partial charge in [0.15, 0.2) is 16.9 Å². The van der Waals surface area contributed by atoms with E-state index in [9.17, 15) is 37.6 Å². The summed E-state index contributed by atoms with van der Waals surface area (Å²) in [4.78, 5) is 60.3. The van der Waals surface area contributed by atoms with Crippen LogP contribution >= 0.6 is 23.1 Å². The largest absolute Gasteiger partial charge is 0.448 e. The lowest BCUT2D eigenvalue weighted by Crippen LogP contribution is -2.71. The fraction of sp³-hybridized carbons (Fsp3) is 0.167. The molecular weight excluding hydrogens is 894 g/mol. The molecule has 18 heteroatoms. The molecule has 336 valence electrons. The van der Waals surface area contributed by atoms with Gasteiger partial charge in [-0.05, 0) is 27.8 Å². The topological polar surface area (TPSA) is 172 Å². The van der Waals surface area contributed by atoms with Crippen LogP contribution in [0.5, 0.6) is 0 Å². The van der Waals surface area contributed by atoms with Gasteiger partial charge in [0.05, 0.1) is 0 Å². The molecule has 1 aromatic heterocycles. The van der Waals surface area contributed by atoms with Gasteiger partial charge >= 0.3 is 18.2 Å². The molecule has 0 bridgehead atoms. The predicted molar refractivity (Wildman–Crippen MR) is 242 cm³/mol. The third-order valence-electron chi connectivity index (χ3n) is 10.7. The number of alkyl halides is 3. The number of esters is 1. The Morgan fingerprint density at radius 3 is 1.82 bits per heavy atom. The Morgan fingerprint density at radius 2 is 1.32 bits per heavy atom. The predicted octanol–water partition coefficient (Wildman–Crippen LogP) is 8.00. The van der Waals surface area contributed by atoms with Gasteiger partial charge in [-0.15, -0.1) is 23.1 Å². The Hall–Kier alpha value is -7.44. The van der Waals surface area contributed by atoms with Crippen molar-refractivity contribution in [3.8, 4) is 0 Å². The molecule has 13 nitrogen and oxygen atoms in total. The van der Waals surface area contributed by atoms with Gasteiger partial charge in [0.25, 0.3) is 11.8 Å². The monoisotopic (exact) mass is 932 g/mol. The lowest BCUT2D eigenvalue weighted by Gasteiger charge is -2.49. The molecule has 8 rings (SSSR count). The molecule has 0 aliphatic carbocycles. The zero-order chi connectivity index (χ0) is 46.3. The normalized spacial score (nSPS) is 16.2. The lowest BCUT2D eigenvalue weighted by molar-refractivity contribution is -0.154. The maximum Gasteiger partial charge on any atom is 0.407 e. The number of alkyl carbamates (subject to hydrolysis) is 1. The number of β-lactam (4-membered cyclic amide) rings is 1. The molecule has 6 aromatic rings. The van der Waals surface area contributed by atoms with Gasteiger partial charge in [0.2, 0.25) is 0 Å². The number of carbonyl (C=O) groups is 4. The number of rotatable bonds is 15. The second kappa shape index (κ2) is 19.7. The zero-order valence-corrected chi connectivity index (χ0v) is 36.2. The van der Waals surface area contributed by atoms with E-state index in [-0.39, 0.29) is 22.7 Å². The van der Waals surface area contributed by atoms with Crippen molar-refractivity contribution in [3.63, 3.8) is 0 Å². The molecule has 3 amide bonds. The summed E-state index contributed by atoms with van der Waals surface area (Å²) in [5.74, 6) is -2.72. The highest BCUT2D eigenvalue weighted by Gasteiger charge is 2.55. The highest BCUT2D eigenvalue weighted by molar-refractivity contribution is 8.00. The zero-order valence-electron chi connectivity index (χ0n) is 34.6. The second-order valence-corrected chi connectivity index (χ2v) is 16.9. The van der Waals surface area contributed by atoms with E-state index >= 15 is 0 Å². The number of hydrogen-bond donors (Lipinski definition) is 4. The third kappa shape index (κ3) is 9.64. The number of anilines is 1. The van der Waals surface area contributed by atoms with E-state index in [1.165, 1.54) is 16.7 Å². The summed E-state index contributed by atoms with van der Waals surface area (Å²) in [6, 6.07) is 45.7. The Kier molecular flexibility index (Phi) is 13.5. The van der Waals surface area contributed by atoms with Crippen molar-refractivity contribution in [3.05, 3.63) is 202 Å². The van der Waals surface area contributed by atoms with Crippen LogP contribution in [0.1, 0.15) is 39.6 Å². The number of carbonyl (C=O) groups excluding carboxylic acids is 4. The minimum atomic E-state index is -4.70. The summed E-state index contributed by atoms with van der Waals surface area (Å²) in [6.07, 6.45) is -7.05. The second-order valence-electron chi connectivity index (χ2n) is 14.9. The number of thiazole rings is 1. The van der Waals surface area contributed by atoms with Crippen LogP contribution < -0.4 is 16.0 Å². The number of benzene rings is 5. The Balaban J connectivity index is 1.04. The number of thioether (sulfide) groups is 1. The van der Waals surface area contributed by atoms with Gasteiger partial charge in [-0.2, -0.15) is 13.2 Å². The molecule has 4 N–H and O–H groups in total. The Bertz CT molecular complexity index is 2610. The molecule has 0 radical (unpaired) electrons. The summed E-state index contributed by atoms with van der Waals surface area (Å²) in [5, 5.41) is 22.4. The molecule has 66 heavy (non-hydrogen) atoms. The fourth-order valence-electron chi connectivity index (χ4n) is 7.71. The van der Waals surface area contributed by atoms with Crippen molar-refractivity contribution in [1.82, 2.24) is 20.5 Å². The van der Waals surface area contributed by atoms with Crippen LogP contribution in [0.15, 0.2) is 173 Å². The van der Waals surface area contributed by atoms with Crippen LogP contribution in [0.3, 0.4) is 0 Å². The van der Waals surface area contributed by atoms with Crippen molar-refractivity contribution < 1.29 is 47.0 Å². The Labute approximate surface area is 384 Å². The molecule has 2 aliphatic rings. The van der Waals surface area contributed by atoms with Crippen LogP contribution in [-0.2, 0) is 29.4 Å². The van der Waals surface area contributed by atoms with E-state index in [1.807, 2.05) is 91.0 Å². The first-order valence-electron chi connectivity index (χ1n) is 20.4. The van der Waals surface area contributed by atoms with E-state index in [0.717, 1.165) is 33.4 Å². The first-order chi connectivity index (χ1) is 32.0. The van der Waals surface area contributed by atoms with Gasteiger partial charge in [-0.3, -0.25) is 14.5 Å². The molecular formula is C48H39F3N6O7S2. The highest BCUT2D eigenvalue weighted by Crippen LogP contribution is 2.43. The number of fused-ring (bicyclic) bond motifs is 1. The minimum Gasteiger partial charge on any atom is -0.448 e. The molecule has 1 fully saturated rings. The van der Waals surface area contributed by atoms with Crippen molar-refractivity contribution >= 4 is 57.8 Å². The van der Waals surface area contributed by atoms with Crippen molar-refractivity contribution in [2.75, 3.05) is 24.2 Å². The highest BCUT2D eigenvalue weighted by atomic mass is 32.2. The van der Waals surface area contributed by atoms with E-state index in [0.29, 0.717) is 16.3 Å². The van der Waals surface area contributed by atoms with Gasteiger partial charge < -0.3 is 30.6 Å². The molecule has 0 unspecified atom stereocenters. The summed E-state index contributed by atoms with van der Waals surface area (Å²) < 4.78 is 49.6. The van der Waals surface area contributed by atoms with Gasteiger partial charge in [0, 0.05) is 16.7 Å². The van der Waals surface area contributed by atoms with Crippen molar-refractivity contribution in [2.45, 2.75) is 29.2 Å². The maximum atomic E-state index is 14.3. The van der Waals surface area contributed by atoms with E-state index < -0.39 is 72.0 Å². The summed E-state index contributed by atoms with van der Waals surface area (Å²) in [7, 11) is 0. The molecule has 1 saturated heterocycles. The van der Waals surface area contributed by atoms with Gasteiger partial charge in [-0.1, -0.05) is 157 Å². The van der Waals surface area contributed by atoms with Crippen LogP contribution in [0.4, 0.5) is 23.1 Å². The number of hydrogen-bond acceptors (Lipinski definition) is 12. The SMILES string of the molecule is O=C(NCC(F)(F)F)OCC1=C(C(=O)OC(c2ccccc2)c2ccccc2)N2C(=O)[C@@H](NC(=O)/C(=N\O)c3csc(NC(c4ccccc4)(c4ccccc4)c4ccccc4)n3)[C@H]2SC1. The third-order valence-corrected chi connectivity index (χ3v) is 12.8. The lowest BCUT2D eigenvalue weighted by atomic mass is 9.77. The summed E-state index contributed by atoms with van der Waals surface area (Å²) in [6.45, 7) is -2.30. The molecule has 0 saturated carbocycles. The molecule has 2 aliphatic heterocycles. The number of halogens is 3. The quantitative estimate of drug-likeness (QED) is 0.0198. The van der Waals surface area contributed by atoms with E-state index in [2.05, 4.69) is 20.8 Å². The van der Waals surface area contributed by atoms with Gasteiger partial charge in [0.1, 0.15) is 41.5 Å². The van der Waals surface area contributed by atoms with E-state index in [4.69, 9.17) is 9.47 Å². The fourth-order valence-corrected chi connectivity index (χ4v) is 9.79. The number of amides is 3. The average molecular weight is 933 g/mol. The molecule has 3 heterocycles. The number of ether oxygens (including phenoxy) is 2. The molecule has 0 spiro atoms. The number of oxime groups is 1. The molecule has 2 atom stereocenters. The van der Waals surface area contributed by atoms with Crippen LogP contribution in [-0.4, -0.2) is 81.2 Å². The van der Waals surface area contributed by atoms with Crippen molar-refractivity contribution in [2.24, 2.45) is 5.16 Å². The average Bonchev–Trinajstić information content (AvgIpc) is 3.81. The standard InChI is InChI=1S/C48H39F3N6O7S2/c49-47(50,51)29-52-46(61)63-26-32-27-65-43-38(42(59)57(43)39(32)44(60)64-40(30-16-6-1-7-17-30)31-18-8-2-9-19-31)54-41(58)37(56-62)36-28-66-45(53-36)55-48(33-20-10-3-11-21-33,34-22-12-4-13-23-34)35-24-14-5-15-25-35/h1-25,28,38,40,43,62H,26-27,29H2,(H,52,61)(H,53,55)(H,54,58)/b56-37-/t38-,43-/m1/s1.